The maximum absolute atomic E-state index is 3.68. The summed E-state index contributed by atoms with van der Waals surface area (Å²) in [5.41, 5.74) is 0. The molecule has 0 aliphatic heterocycles. The molecule has 0 radical (unpaired) electrons. The fraction of sp³-hybridized carbons (Fsp3) is 0. The molecule has 0 saturated heterocycles. The molecule has 6 aromatic carbocycles. The van der Waals surface area contributed by atoms with E-state index < -0.39 is 0 Å². The van der Waals surface area contributed by atoms with Crippen molar-refractivity contribution in [3.63, 3.8) is 0 Å². The van der Waals surface area contributed by atoms with E-state index in [1.54, 1.807) is 0 Å². The Kier molecular flexibility index (Phi) is 2.57. The van der Waals surface area contributed by atoms with E-state index in [-0.39, 0.29) is 0 Å². The van der Waals surface area contributed by atoms with Gasteiger partial charge in [-0.1, -0.05) is 76.6 Å². The zero-order valence-corrected chi connectivity index (χ0v) is 15.0. The third-order valence-electron chi connectivity index (χ3n) is 5.41. The second-order valence-corrected chi connectivity index (χ2v) is 7.65. The number of halogens is 1. The van der Waals surface area contributed by atoms with Gasteiger partial charge in [-0.05, 0) is 72.1 Å². The highest BCUT2D eigenvalue weighted by Crippen LogP contribution is 2.44. The van der Waals surface area contributed by atoms with Gasteiger partial charge >= 0.3 is 0 Å². The number of fused-ring (bicyclic) bond motifs is 5. The molecule has 0 atom stereocenters. The molecular weight excluding hydrogens is 368 g/mol. The van der Waals surface area contributed by atoms with Gasteiger partial charge in [-0.3, -0.25) is 0 Å². The van der Waals surface area contributed by atoms with Crippen LogP contribution < -0.4 is 0 Å². The summed E-state index contributed by atoms with van der Waals surface area (Å²) in [6.07, 6.45) is 0. The Balaban J connectivity index is 2.13. The van der Waals surface area contributed by atoms with E-state index in [9.17, 15) is 0 Å². The molecule has 0 aromatic heterocycles. The minimum atomic E-state index is 1.12. The largest absolute Gasteiger partial charge is 0.0616 e. The molecule has 0 aliphatic rings. The van der Waals surface area contributed by atoms with Crippen LogP contribution in [0.25, 0.3) is 53.9 Å². The second-order valence-electron chi connectivity index (χ2n) is 6.73. The smallest absolute Gasteiger partial charge is 0.0181 e. The summed E-state index contributed by atoms with van der Waals surface area (Å²) in [7, 11) is 0. The van der Waals surface area contributed by atoms with E-state index in [1.165, 1.54) is 53.9 Å². The van der Waals surface area contributed by atoms with Crippen molar-refractivity contribution in [1.82, 2.24) is 0 Å². The van der Waals surface area contributed by atoms with Gasteiger partial charge in [0.25, 0.3) is 0 Å². The highest BCUT2D eigenvalue weighted by molar-refractivity contribution is 9.10. The van der Waals surface area contributed by atoms with Crippen LogP contribution in [0.1, 0.15) is 0 Å². The van der Waals surface area contributed by atoms with Crippen molar-refractivity contribution in [2.45, 2.75) is 0 Å². The molecule has 0 N–H and O–H groups in total. The highest BCUT2D eigenvalue weighted by atomic mass is 79.9. The number of hydrogen-bond donors (Lipinski definition) is 0. The normalized spacial score (nSPS) is 12.2. The van der Waals surface area contributed by atoms with Crippen molar-refractivity contribution in [3.05, 3.63) is 83.3 Å². The molecule has 0 nitrogen and oxygen atoms in total. The summed E-state index contributed by atoms with van der Waals surface area (Å²) in [5.74, 6) is 0. The van der Waals surface area contributed by atoms with Crippen LogP contribution in [0.15, 0.2) is 83.3 Å². The minimum Gasteiger partial charge on any atom is -0.0616 e. The van der Waals surface area contributed by atoms with Crippen LogP contribution in [0, 0.1) is 0 Å². The van der Waals surface area contributed by atoms with Crippen LogP contribution in [-0.2, 0) is 0 Å². The fourth-order valence-corrected chi connectivity index (χ4v) is 4.76. The van der Waals surface area contributed by atoms with Gasteiger partial charge in [-0.15, -0.1) is 0 Å². The minimum absolute atomic E-state index is 1.12. The molecule has 6 aromatic rings. The first-order chi connectivity index (χ1) is 12.3. The maximum atomic E-state index is 3.68. The van der Waals surface area contributed by atoms with Crippen LogP contribution in [0.5, 0.6) is 0 Å². The lowest BCUT2D eigenvalue weighted by molar-refractivity contribution is 1.74. The van der Waals surface area contributed by atoms with E-state index in [0.717, 1.165) is 4.47 Å². The van der Waals surface area contributed by atoms with Crippen LogP contribution in [0.2, 0.25) is 0 Å². The molecule has 1 heteroatoms. The summed E-state index contributed by atoms with van der Waals surface area (Å²) >= 11 is 3.68. The molecular formula is C24H13Br. The van der Waals surface area contributed by atoms with Crippen LogP contribution in [0.3, 0.4) is 0 Å². The second kappa shape index (κ2) is 4.71. The first-order valence-electron chi connectivity index (χ1n) is 8.49. The predicted molar refractivity (Wildman–Crippen MR) is 113 cm³/mol. The third kappa shape index (κ3) is 1.71. The number of benzene rings is 6. The van der Waals surface area contributed by atoms with Gasteiger partial charge in [0, 0.05) is 4.47 Å². The zero-order chi connectivity index (χ0) is 16.5. The lowest BCUT2D eigenvalue weighted by Gasteiger charge is -2.17. The standard InChI is InChI=1S/C24H13Br/c25-17-10-11-19-20-7-3-5-14-8-9-16-12-15-4-1-2-6-18(15)24(21(19)13-17)23(16)22(14)20/h1-13H. The van der Waals surface area contributed by atoms with Gasteiger partial charge in [0.2, 0.25) is 0 Å². The lowest BCUT2D eigenvalue weighted by Crippen LogP contribution is -1.88. The Labute approximate surface area is 153 Å². The molecule has 0 amide bonds. The zero-order valence-electron chi connectivity index (χ0n) is 13.4. The van der Waals surface area contributed by atoms with E-state index in [4.69, 9.17) is 0 Å². The van der Waals surface area contributed by atoms with Gasteiger partial charge in [-0.2, -0.15) is 0 Å². The summed E-state index contributed by atoms with van der Waals surface area (Å²) in [5, 5.41) is 13.4. The Bertz CT molecular complexity index is 1440. The van der Waals surface area contributed by atoms with Crippen molar-refractivity contribution in [1.29, 1.82) is 0 Å². The average molecular weight is 381 g/mol. The van der Waals surface area contributed by atoms with Crippen molar-refractivity contribution in [2.75, 3.05) is 0 Å². The highest BCUT2D eigenvalue weighted by Gasteiger charge is 2.15. The van der Waals surface area contributed by atoms with Crippen LogP contribution in [0.4, 0.5) is 0 Å². The summed E-state index contributed by atoms with van der Waals surface area (Å²) in [4.78, 5) is 0. The summed E-state index contributed by atoms with van der Waals surface area (Å²) in [6.45, 7) is 0. The van der Waals surface area contributed by atoms with E-state index in [0.29, 0.717) is 0 Å². The third-order valence-corrected chi connectivity index (χ3v) is 5.90. The monoisotopic (exact) mass is 380 g/mol. The molecule has 6 rings (SSSR count). The molecule has 0 bridgehead atoms. The molecule has 0 fully saturated rings. The van der Waals surface area contributed by atoms with Gasteiger partial charge in [0.1, 0.15) is 0 Å². The molecule has 0 spiro atoms. The first kappa shape index (κ1) is 13.6. The Morgan fingerprint density at radius 2 is 1.24 bits per heavy atom. The van der Waals surface area contributed by atoms with Crippen LogP contribution in [-0.4, -0.2) is 0 Å². The molecule has 0 unspecified atom stereocenters. The maximum Gasteiger partial charge on any atom is 0.0181 e. The topological polar surface area (TPSA) is 0 Å². The Hall–Kier alpha value is -2.64. The SMILES string of the molecule is Brc1ccc2c3cccc4ccc5cc6ccccc6c(c2c1)c5c43. The fourth-order valence-electron chi connectivity index (χ4n) is 4.40. The van der Waals surface area contributed by atoms with Crippen LogP contribution >= 0.6 is 15.9 Å². The van der Waals surface area contributed by atoms with Gasteiger partial charge in [-0.25, -0.2) is 0 Å². The van der Waals surface area contributed by atoms with Crippen molar-refractivity contribution < 1.29 is 0 Å². The quantitative estimate of drug-likeness (QED) is 0.187. The van der Waals surface area contributed by atoms with Gasteiger partial charge < -0.3 is 0 Å². The predicted octanol–water partition coefficient (Wildman–Crippen LogP) is 7.65. The van der Waals surface area contributed by atoms with Gasteiger partial charge in [0.15, 0.2) is 0 Å². The lowest BCUT2D eigenvalue weighted by atomic mass is 9.87. The average Bonchev–Trinajstić information content (AvgIpc) is 2.65. The Morgan fingerprint density at radius 1 is 0.440 bits per heavy atom. The molecule has 116 valence electrons. The van der Waals surface area contributed by atoms with E-state index in [1.807, 2.05) is 0 Å². The molecule has 0 heterocycles. The Morgan fingerprint density at radius 3 is 2.20 bits per heavy atom. The summed E-state index contributed by atoms with van der Waals surface area (Å²) in [6, 6.07) is 28.9. The molecule has 0 saturated carbocycles. The van der Waals surface area contributed by atoms with Crippen molar-refractivity contribution in [3.8, 4) is 0 Å². The van der Waals surface area contributed by atoms with Crippen molar-refractivity contribution in [2.24, 2.45) is 0 Å². The number of rotatable bonds is 0. The molecule has 25 heavy (non-hydrogen) atoms. The van der Waals surface area contributed by atoms with E-state index in [2.05, 4.69) is 94.8 Å². The summed E-state index contributed by atoms with van der Waals surface area (Å²) < 4.78 is 1.12. The first-order valence-corrected chi connectivity index (χ1v) is 9.28. The molecule has 0 aliphatic carbocycles. The van der Waals surface area contributed by atoms with E-state index >= 15 is 0 Å². The van der Waals surface area contributed by atoms with Crippen molar-refractivity contribution >= 4 is 69.8 Å². The number of hydrogen-bond acceptors (Lipinski definition) is 0. The van der Waals surface area contributed by atoms with Gasteiger partial charge in [0.05, 0.1) is 0 Å².